The van der Waals surface area contributed by atoms with Crippen molar-refractivity contribution in [3.8, 4) is 5.40 Å². The summed E-state index contributed by atoms with van der Waals surface area (Å²) < 4.78 is 1.93. The molecule has 1 aromatic carbocycles. The predicted octanol–water partition coefficient (Wildman–Crippen LogP) is 4.08. The molecule has 9 heteroatoms. The average molecular weight is 416 g/mol. The Morgan fingerprint density at radius 3 is 2.93 bits per heavy atom. The van der Waals surface area contributed by atoms with E-state index >= 15 is 0 Å². The second-order valence-corrected chi connectivity index (χ2v) is 8.55. The van der Waals surface area contributed by atoms with Crippen molar-refractivity contribution in [2.75, 3.05) is 11.1 Å². The van der Waals surface area contributed by atoms with Gasteiger partial charge in [-0.25, -0.2) is 0 Å². The van der Waals surface area contributed by atoms with Crippen LogP contribution in [-0.4, -0.2) is 26.4 Å². The number of anilines is 1. The molecule has 27 heavy (non-hydrogen) atoms. The number of carbonyl (C=O) groups is 1. The lowest BCUT2D eigenvalue weighted by Crippen LogP contribution is -2.15. The number of rotatable bonds is 7. The van der Waals surface area contributed by atoms with Gasteiger partial charge in [0, 0.05) is 28.9 Å². The maximum atomic E-state index is 12.3. The molecule has 0 spiro atoms. The van der Waals surface area contributed by atoms with E-state index in [9.17, 15) is 4.79 Å². The summed E-state index contributed by atoms with van der Waals surface area (Å²) in [4.78, 5) is 14.4. The molecule has 3 aromatic rings. The SMILES string of the molecule is Cc1cc(SC#N)ccc1NC(=O)CSc1nnc(Cc2cccs2)n1C. The summed E-state index contributed by atoms with van der Waals surface area (Å²) in [6, 6.07) is 9.62. The van der Waals surface area contributed by atoms with Crippen LogP contribution in [0.3, 0.4) is 0 Å². The number of nitriles is 1. The quantitative estimate of drug-likeness (QED) is 0.462. The number of thiophene rings is 1. The highest BCUT2D eigenvalue weighted by Crippen LogP contribution is 2.24. The fourth-order valence-electron chi connectivity index (χ4n) is 2.40. The maximum absolute atomic E-state index is 12.3. The predicted molar refractivity (Wildman–Crippen MR) is 110 cm³/mol. The minimum absolute atomic E-state index is 0.105. The van der Waals surface area contributed by atoms with Gasteiger partial charge in [-0.2, -0.15) is 5.26 Å². The topological polar surface area (TPSA) is 83.6 Å². The molecule has 0 atom stereocenters. The Labute approximate surface area is 170 Å². The van der Waals surface area contributed by atoms with Crippen molar-refractivity contribution in [1.29, 1.82) is 5.26 Å². The van der Waals surface area contributed by atoms with Crippen molar-refractivity contribution in [2.45, 2.75) is 23.4 Å². The number of nitrogens with one attached hydrogen (secondary N) is 1. The Kier molecular flexibility index (Phi) is 6.55. The molecule has 0 fully saturated rings. The van der Waals surface area contributed by atoms with E-state index in [-0.39, 0.29) is 11.7 Å². The number of benzene rings is 1. The average Bonchev–Trinajstić information content (AvgIpc) is 3.27. The number of nitrogens with zero attached hydrogens (tertiary/aromatic N) is 4. The fourth-order valence-corrected chi connectivity index (χ4v) is 4.31. The van der Waals surface area contributed by atoms with Gasteiger partial charge in [0.25, 0.3) is 0 Å². The number of thioether (sulfide) groups is 2. The number of amides is 1. The van der Waals surface area contributed by atoms with E-state index in [0.717, 1.165) is 40.2 Å². The normalized spacial score (nSPS) is 10.6. The molecular formula is C18H17N5OS3. The van der Waals surface area contributed by atoms with Gasteiger partial charge in [0.05, 0.1) is 5.75 Å². The minimum atomic E-state index is -0.105. The van der Waals surface area contributed by atoms with Crippen LogP contribution in [0.2, 0.25) is 0 Å². The van der Waals surface area contributed by atoms with Gasteiger partial charge < -0.3 is 9.88 Å². The largest absolute Gasteiger partial charge is 0.325 e. The monoisotopic (exact) mass is 415 g/mol. The number of hydrogen-bond donors (Lipinski definition) is 1. The number of aryl methyl sites for hydroxylation is 1. The van der Waals surface area contributed by atoms with E-state index in [2.05, 4.69) is 21.6 Å². The maximum Gasteiger partial charge on any atom is 0.234 e. The zero-order valence-corrected chi connectivity index (χ0v) is 17.2. The van der Waals surface area contributed by atoms with Gasteiger partial charge in [0.2, 0.25) is 5.91 Å². The van der Waals surface area contributed by atoms with E-state index in [4.69, 9.17) is 5.26 Å². The van der Waals surface area contributed by atoms with Crippen molar-refractivity contribution >= 4 is 46.5 Å². The third kappa shape index (κ3) is 5.13. The van der Waals surface area contributed by atoms with Crippen molar-refractivity contribution in [3.63, 3.8) is 0 Å². The fraction of sp³-hybridized carbons (Fsp3) is 0.222. The van der Waals surface area contributed by atoms with E-state index < -0.39 is 0 Å². The zero-order valence-electron chi connectivity index (χ0n) is 14.8. The van der Waals surface area contributed by atoms with Gasteiger partial charge >= 0.3 is 0 Å². The lowest BCUT2D eigenvalue weighted by atomic mass is 10.2. The second-order valence-electron chi connectivity index (χ2n) is 5.72. The summed E-state index contributed by atoms with van der Waals surface area (Å²) >= 11 is 4.15. The Morgan fingerprint density at radius 1 is 1.37 bits per heavy atom. The van der Waals surface area contributed by atoms with Crippen molar-refractivity contribution in [1.82, 2.24) is 14.8 Å². The summed E-state index contributed by atoms with van der Waals surface area (Å²) in [6.07, 6.45) is 0.736. The molecule has 1 amide bonds. The summed E-state index contributed by atoms with van der Waals surface area (Å²) in [5.41, 5.74) is 1.67. The van der Waals surface area contributed by atoms with Crippen LogP contribution in [0.15, 0.2) is 45.8 Å². The number of aromatic nitrogens is 3. The summed E-state index contributed by atoms with van der Waals surface area (Å²) in [7, 11) is 1.92. The lowest BCUT2D eigenvalue weighted by molar-refractivity contribution is -0.113. The second kappa shape index (κ2) is 9.08. The zero-order chi connectivity index (χ0) is 19.2. The Morgan fingerprint density at radius 2 is 2.22 bits per heavy atom. The highest BCUT2D eigenvalue weighted by atomic mass is 32.2. The molecule has 0 bridgehead atoms. The van der Waals surface area contributed by atoms with Crippen molar-refractivity contribution in [2.24, 2.45) is 7.05 Å². The minimum Gasteiger partial charge on any atom is -0.325 e. The lowest BCUT2D eigenvalue weighted by Gasteiger charge is -2.09. The summed E-state index contributed by atoms with van der Waals surface area (Å²) in [6.45, 7) is 1.91. The first-order valence-electron chi connectivity index (χ1n) is 8.06. The van der Waals surface area contributed by atoms with Crippen LogP contribution >= 0.6 is 34.9 Å². The molecule has 0 aliphatic heterocycles. The van der Waals surface area contributed by atoms with Crippen LogP contribution in [0.25, 0.3) is 0 Å². The molecule has 0 saturated heterocycles. The van der Waals surface area contributed by atoms with Crippen LogP contribution in [0.1, 0.15) is 16.3 Å². The third-order valence-electron chi connectivity index (χ3n) is 3.81. The Balaban J connectivity index is 1.57. The molecule has 0 aliphatic rings. The summed E-state index contributed by atoms with van der Waals surface area (Å²) in [5.74, 6) is 1.02. The summed E-state index contributed by atoms with van der Waals surface area (Å²) in [5, 5.41) is 24.9. The molecule has 0 saturated carbocycles. The van der Waals surface area contributed by atoms with E-state index in [1.807, 2.05) is 53.6 Å². The van der Waals surface area contributed by atoms with Crippen LogP contribution in [0.4, 0.5) is 5.69 Å². The van der Waals surface area contributed by atoms with Gasteiger partial charge in [-0.15, -0.1) is 21.5 Å². The number of carbonyl (C=O) groups excluding carboxylic acids is 1. The van der Waals surface area contributed by atoms with Gasteiger partial charge in [-0.1, -0.05) is 17.8 Å². The molecule has 0 unspecified atom stereocenters. The number of thiocyanates is 1. The standard InChI is InChI=1S/C18H17N5OS3/c1-12-8-14(27-11-19)5-6-15(12)20-17(24)10-26-18-22-21-16(23(18)2)9-13-4-3-7-25-13/h3-8H,9-10H2,1-2H3,(H,20,24). The van der Waals surface area contributed by atoms with Gasteiger partial charge in [-0.3, -0.25) is 4.79 Å². The van der Waals surface area contributed by atoms with Crippen molar-refractivity contribution < 1.29 is 4.79 Å². The molecule has 1 N–H and O–H groups in total. The van der Waals surface area contributed by atoms with Crippen LogP contribution in [0, 0.1) is 17.6 Å². The van der Waals surface area contributed by atoms with Crippen molar-refractivity contribution in [3.05, 3.63) is 52.0 Å². The molecule has 3 rings (SSSR count). The van der Waals surface area contributed by atoms with E-state index in [1.165, 1.54) is 16.6 Å². The first kappa shape index (κ1) is 19.5. The first-order chi connectivity index (χ1) is 13.1. The van der Waals surface area contributed by atoms with Gasteiger partial charge in [-0.05, 0) is 53.9 Å². The van der Waals surface area contributed by atoms with Gasteiger partial charge in [0.1, 0.15) is 11.2 Å². The molecule has 138 valence electrons. The van der Waals surface area contributed by atoms with Crippen LogP contribution in [-0.2, 0) is 18.3 Å². The molecule has 0 aliphatic carbocycles. The Hall–Kier alpha value is -2.28. The van der Waals surface area contributed by atoms with E-state index in [0.29, 0.717) is 5.16 Å². The first-order valence-corrected chi connectivity index (χ1v) is 10.7. The van der Waals surface area contributed by atoms with Gasteiger partial charge in [0.15, 0.2) is 5.16 Å². The highest BCUT2D eigenvalue weighted by molar-refractivity contribution is 8.03. The Bertz CT molecular complexity index is 976. The highest BCUT2D eigenvalue weighted by Gasteiger charge is 2.13. The molecule has 0 radical (unpaired) electrons. The third-order valence-corrected chi connectivity index (χ3v) is 6.28. The molecule has 6 nitrogen and oxygen atoms in total. The molecular weight excluding hydrogens is 398 g/mol. The number of hydrogen-bond acceptors (Lipinski definition) is 7. The van der Waals surface area contributed by atoms with Crippen LogP contribution in [0.5, 0.6) is 0 Å². The molecule has 2 heterocycles. The molecule has 2 aromatic heterocycles. The van der Waals surface area contributed by atoms with E-state index in [1.54, 1.807) is 11.3 Å². The smallest absolute Gasteiger partial charge is 0.234 e. The van der Waals surface area contributed by atoms with Crippen LogP contribution < -0.4 is 5.32 Å².